The van der Waals surface area contributed by atoms with Crippen molar-refractivity contribution in [3.8, 4) is 0 Å². The van der Waals surface area contributed by atoms with E-state index in [0.717, 1.165) is 25.7 Å². The summed E-state index contributed by atoms with van der Waals surface area (Å²) in [6, 6.07) is -0.120. The number of amides is 1. The van der Waals surface area contributed by atoms with Gasteiger partial charge in [0.05, 0.1) is 0 Å². The van der Waals surface area contributed by atoms with Crippen LogP contribution in [0.1, 0.15) is 105 Å². The Labute approximate surface area is 179 Å². The van der Waals surface area contributed by atoms with E-state index in [2.05, 4.69) is 0 Å². The van der Waals surface area contributed by atoms with Crippen LogP contribution in [0.5, 0.6) is 0 Å². The normalized spacial score (nSPS) is 17.5. The van der Waals surface area contributed by atoms with Gasteiger partial charge in [-0.05, 0) is 52.9 Å². The number of unbranched alkanes of at least 4 members (excludes halogenated alkanes) is 4. The number of carbonyl (C=O) groups excluding carboxylic acids is 3. The van der Waals surface area contributed by atoms with Gasteiger partial charge in [0, 0.05) is 38.3 Å². The summed E-state index contributed by atoms with van der Waals surface area (Å²) in [5, 5.41) is 0. The van der Waals surface area contributed by atoms with E-state index in [4.69, 9.17) is 4.74 Å². The molecule has 7 heteroatoms. The van der Waals surface area contributed by atoms with E-state index in [-0.39, 0.29) is 30.8 Å². The number of ketones is 1. The van der Waals surface area contributed by atoms with Gasteiger partial charge in [-0.2, -0.15) is 8.78 Å². The molecule has 5 nitrogen and oxygen atoms in total. The third-order valence-electron chi connectivity index (χ3n) is 5.36. The number of ether oxygens (including phenoxy) is 1. The van der Waals surface area contributed by atoms with Gasteiger partial charge in [-0.1, -0.05) is 26.2 Å². The van der Waals surface area contributed by atoms with E-state index >= 15 is 0 Å². The van der Waals surface area contributed by atoms with Gasteiger partial charge in [-0.3, -0.25) is 14.4 Å². The van der Waals surface area contributed by atoms with Crippen molar-refractivity contribution in [2.45, 2.75) is 122 Å². The Morgan fingerprint density at radius 2 is 1.73 bits per heavy atom. The molecule has 0 saturated carbocycles. The van der Waals surface area contributed by atoms with Crippen molar-refractivity contribution < 1.29 is 27.9 Å². The van der Waals surface area contributed by atoms with Crippen LogP contribution in [0, 0.1) is 0 Å². The van der Waals surface area contributed by atoms with Crippen molar-refractivity contribution in [3.63, 3.8) is 0 Å². The van der Waals surface area contributed by atoms with Crippen LogP contribution in [-0.4, -0.2) is 46.7 Å². The molecular formula is C23H39F2NO4. The smallest absolute Gasteiger partial charge is 0.306 e. The van der Waals surface area contributed by atoms with Crippen LogP contribution in [0.2, 0.25) is 0 Å². The zero-order valence-electron chi connectivity index (χ0n) is 19.1. The largest absolute Gasteiger partial charge is 0.460 e. The number of nitrogens with zero attached hydrogens (tertiary/aromatic N) is 1. The molecule has 0 radical (unpaired) electrons. The Bertz CT molecular complexity index is 572. The van der Waals surface area contributed by atoms with E-state index in [0.29, 0.717) is 45.1 Å². The maximum atomic E-state index is 13.9. The second kappa shape index (κ2) is 12.4. The zero-order chi connectivity index (χ0) is 22.8. The van der Waals surface area contributed by atoms with E-state index in [1.807, 2.05) is 27.7 Å². The number of carbonyl (C=O) groups is 3. The summed E-state index contributed by atoms with van der Waals surface area (Å²) in [6.45, 7) is 7.92. The average Bonchev–Trinajstić information content (AvgIpc) is 2.99. The summed E-state index contributed by atoms with van der Waals surface area (Å²) in [5.74, 6) is -4.41. The quantitative estimate of drug-likeness (QED) is 0.271. The van der Waals surface area contributed by atoms with Crippen molar-refractivity contribution in [1.29, 1.82) is 0 Å². The molecule has 1 heterocycles. The summed E-state index contributed by atoms with van der Waals surface area (Å²) >= 11 is 0. The van der Waals surface area contributed by atoms with Crippen molar-refractivity contribution in [2.24, 2.45) is 0 Å². The SMILES string of the molecule is CCCCC(F)(F)C(=O)CCC1CCC(=O)N1CCCCCCC(=O)OC(C)(C)C. The molecular weight excluding hydrogens is 392 g/mol. The molecule has 1 aliphatic rings. The lowest BCUT2D eigenvalue weighted by Crippen LogP contribution is -2.36. The minimum Gasteiger partial charge on any atom is -0.460 e. The third-order valence-corrected chi connectivity index (χ3v) is 5.36. The molecule has 0 spiro atoms. The van der Waals surface area contributed by atoms with Crippen LogP contribution in [0.25, 0.3) is 0 Å². The fourth-order valence-corrected chi connectivity index (χ4v) is 3.72. The first-order valence-corrected chi connectivity index (χ1v) is 11.4. The maximum absolute atomic E-state index is 13.9. The molecule has 0 aliphatic carbocycles. The number of likely N-dealkylation sites (tertiary alicyclic amines) is 1. The Balaban J connectivity index is 2.30. The number of Topliss-reactive ketones (excluding diaryl/α,β-unsaturated/α-hetero) is 1. The summed E-state index contributed by atoms with van der Waals surface area (Å²) in [5.41, 5.74) is -0.469. The highest BCUT2D eigenvalue weighted by Gasteiger charge is 2.38. The highest BCUT2D eigenvalue weighted by Crippen LogP contribution is 2.28. The van der Waals surface area contributed by atoms with Crippen LogP contribution in [0.3, 0.4) is 0 Å². The van der Waals surface area contributed by atoms with Crippen molar-refractivity contribution >= 4 is 17.7 Å². The van der Waals surface area contributed by atoms with E-state index in [9.17, 15) is 23.2 Å². The zero-order valence-corrected chi connectivity index (χ0v) is 19.1. The van der Waals surface area contributed by atoms with Gasteiger partial charge in [-0.15, -0.1) is 0 Å². The molecule has 1 saturated heterocycles. The second-order valence-electron chi connectivity index (χ2n) is 9.30. The fourth-order valence-electron chi connectivity index (χ4n) is 3.72. The highest BCUT2D eigenvalue weighted by molar-refractivity contribution is 5.85. The maximum Gasteiger partial charge on any atom is 0.306 e. The van der Waals surface area contributed by atoms with Gasteiger partial charge in [-0.25, -0.2) is 0 Å². The van der Waals surface area contributed by atoms with Gasteiger partial charge < -0.3 is 9.64 Å². The van der Waals surface area contributed by atoms with Crippen LogP contribution < -0.4 is 0 Å². The first-order chi connectivity index (χ1) is 14.0. The van der Waals surface area contributed by atoms with Gasteiger partial charge in [0.25, 0.3) is 0 Å². The predicted octanol–water partition coefficient (Wildman–Crippen LogP) is 5.44. The summed E-state index contributed by atoms with van der Waals surface area (Å²) in [6.07, 6.45) is 5.44. The standard InChI is InChI=1S/C23H39F2NO4/c1-5-6-16-23(24,25)19(27)14-12-18-13-15-20(28)26(18)17-10-8-7-9-11-21(29)30-22(2,3)4/h18H,5-17H2,1-4H3. The average molecular weight is 432 g/mol. The Hall–Kier alpha value is -1.53. The first kappa shape index (κ1) is 26.5. The van der Waals surface area contributed by atoms with Gasteiger partial charge in [0.15, 0.2) is 0 Å². The Morgan fingerprint density at radius 1 is 1.07 bits per heavy atom. The molecule has 0 aromatic heterocycles. The Kier molecular flexibility index (Phi) is 10.9. The van der Waals surface area contributed by atoms with Gasteiger partial charge in [0.1, 0.15) is 5.60 Å². The van der Waals surface area contributed by atoms with Gasteiger partial charge in [0.2, 0.25) is 11.7 Å². The Morgan fingerprint density at radius 3 is 2.37 bits per heavy atom. The van der Waals surface area contributed by atoms with Crippen molar-refractivity contribution in [2.75, 3.05) is 6.54 Å². The van der Waals surface area contributed by atoms with Crippen LogP contribution >= 0.6 is 0 Å². The number of alkyl halides is 2. The number of rotatable bonds is 14. The summed E-state index contributed by atoms with van der Waals surface area (Å²) < 4.78 is 33.0. The van der Waals surface area contributed by atoms with E-state index in [1.54, 1.807) is 4.90 Å². The third kappa shape index (κ3) is 9.98. The molecule has 0 bridgehead atoms. The van der Waals surface area contributed by atoms with Crippen LogP contribution in [0.15, 0.2) is 0 Å². The first-order valence-electron chi connectivity index (χ1n) is 11.4. The highest BCUT2D eigenvalue weighted by atomic mass is 19.3. The van der Waals surface area contributed by atoms with Crippen molar-refractivity contribution in [1.82, 2.24) is 4.90 Å². The molecule has 1 amide bonds. The van der Waals surface area contributed by atoms with Crippen molar-refractivity contribution in [3.05, 3.63) is 0 Å². The fraction of sp³-hybridized carbons (Fsp3) is 0.870. The lowest BCUT2D eigenvalue weighted by Gasteiger charge is -2.25. The molecule has 0 aromatic carbocycles. The molecule has 0 aromatic rings. The predicted molar refractivity (Wildman–Crippen MR) is 112 cm³/mol. The van der Waals surface area contributed by atoms with E-state index < -0.39 is 17.3 Å². The molecule has 0 N–H and O–H groups in total. The molecule has 1 fully saturated rings. The number of esters is 1. The minimum absolute atomic E-state index is 0.0407. The van der Waals surface area contributed by atoms with Gasteiger partial charge >= 0.3 is 11.9 Å². The molecule has 1 atom stereocenters. The minimum atomic E-state index is -3.25. The summed E-state index contributed by atoms with van der Waals surface area (Å²) in [7, 11) is 0. The molecule has 30 heavy (non-hydrogen) atoms. The molecule has 1 aliphatic heterocycles. The molecule has 1 unspecified atom stereocenters. The lowest BCUT2D eigenvalue weighted by molar-refractivity contribution is -0.155. The van der Waals surface area contributed by atoms with E-state index in [1.165, 1.54) is 0 Å². The van der Waals surface area contributed by atoms with Crippen LogP contribution in [0.4, 0.5) is 8.78 Å². The monoisotopic (exact) mass is 431 g/mol. The lowest BCUT2D eigenvalue weighted by atomic mass is 10.00. The summed E-state index contributed by atoms with van der Waals surface area (Å²) in [4.78, 5) is 37.5. The second-order valence-corrected chi connectivity index (χ2v) is 9.30. The topological polar surface area (TPSA) is 63.7 Å². The number of hydrogen-bond donors (Lipinski definition) is 0. The molecule has 1 rings (SSSR count). The molecule has 174 valence electrons. The number of halogens is 2. The van der Waals surface area contributed by atoms with Crippen LogP contribution in [-0.2, 0) is 19.1 Å². The number of hydrogen-bond acceptors (Lipinski definition) is 4.